The fourth-order valence-electron chi connectivity index (χ4n) is 5.80. The van der Waals surface area contributed by atoms with Crippen LogP contribution in [0, 0.1) is 17.8 Å². The van der Waals surface area contributed by atoms with Crippen LogP contribution >= 0.6 is 0 Å². The predicted molar refractivity (Wildman–Crippen MR) is 95.7 cm³/mol. The normalized spacial score (nSPS) is 29.1. The third-order valence-electron chi connectivity index (χ3n) is 6.97. The summed E-state index contributed by atoms with van der Waals surface area (Å²) < 4.78 is 0. The molecule has 0 spiro atoms. The maximum atomic E-state index is 2.40. The van der Waals surface area contributed by atoms with Crippen molar-refractivity contribution in [3.63, 3.8) is 0 Å². The van der Waals surface area contributed by atoms with Gasteiger partial charge in [-0.15, -0.1) is 0 Å². The van der Waals surface area contributed by atoms with E-state index in [4.69, 9.17) is 0 Å². The van der Waals surface area contributed by atoms with Crippen molar-refractivity contribution < 1.29 is 0 Å². The zero-order valence-corrected chi connectivity index (χ0v) is 13.9. The standard InChI is InChI=1S/C23H26/c1-3-7-21-18(5-1)14-19-6-2-4-8-22(19)23(21)15-20-13-16-9-11-17(20)12-10-16/h1-8,16-17,20,23H,9-15H2. The van der Waals surface area contributed by atoms with Crippen molar-refractivity contribution in [3.8, 4) is 0 Å². The summed E-state index contributed by atoms with van der Waals surface area (Å²) in [5.41, 5.74) is 6.37. The second-order valence-corrected chi connectivity index (χ2v) is 8.14. The first-order valence-electron chi connectivity index (χ1n) is 9.54. The summed E-state index contributed by atoms with van der Waals surface area (Å²) >= 11 is 0. The first-order valence-corrected chi connectivity index (χ1v) is 9.54. The number of hydrogen-bond donors (Lipinski definition) is 0. The highest BCUT2D eigenvalue weighted by atomic mass is 14.4. The first-order chi connectivity index (χ1) is 11.4. The van der Waals surface area contributed by atoms with E-state index in [0.29, 0.717) is 5.92 Å². The monoisotopic (exact) mass is 302 g/mol. The van der Waals surface area contributed by atoms with Crippen LogP contribution in [0.5, 0.6) is 0 Å². The fraction of sp³-hybridized carbons (Fsp3) is 0.478. The lowest BCUT2D eigenvalue weighted by molar-refractivity contribution is 0.0899. The van der Waals surface area contributed by atoms with Gasteiger partial charge in [-0.25, -0.2) is 0 Å². The Kier molecular flexibility index (Phi) is 3.32. The molecule has 0 nitrogen and oxygen atoms in total. The molecule has 0 amide bonds. The summed E-state index contributed by atoms with van der Waals surface area (Å²) in [7, 11) is 0. The first kappa shape index (κ1) is 13.8. The minimum Gasteiger partial charge on any atom is -0.0620 e. The van der Waals surface area contributed by atoms with Gasteiger partial charge in [0.15, 0.2) is 0 Å². The van der Waals surface area contributed by atoms with Crippen LogP contribution in [-0.4, -0.2) is 0 Å². The number of rotatable bonds is 2. The maximum Gasteiger partial charge on any atom is 0.00977 e. The Balaban J connectivity index is 1.52. The molecule has 3 saturated carbocycles. The lowest BCUT2D eigenvalue weighted by Gasteiger charge is -2.44. The van der Waals surface area contributed by atoms with E-state index in [9.17, 15) is 0 Å². The molecule has 0 N–H and O–H groups in total. The smallest absolute Gasteiger partial charge is 0.00977 e. The fourth-order valence-corrected chi connectivity index (χ4v) is 5.80. The van der Waals surface area contributed by atoms with Gasteiger partial charge < -0.3 is 0 Å². The Bertz CT molecular complexity index is 660. The minimum absolute atomic E-state index is 0.639. The van der Waals surface area contributed by atoms with Crippen LogP contribution in [0.2, 0.25) is 0 Å². The quantitative estimate of drug-likeness (QED) is 0.644. The van der Waals surface area contributed by atoms with Crippen molar-refractivity contribution in [2.75, 3.05) is 0 Å². The largest absolute Gasteiger partial charge is 0.0620 e. The van der Waals surface area contributed by atoms with Crippen molar-refractivity contribution in [1.29, 1.82) is 0 Å². The van der Waals surface area contributed by atoms with Crippen molar-refractivity contribution >= 4 is 0 Å². The lowest BCUT2D eigenvalue weighted by atomic mass is 9.61. The van der Waals surface area contributed by atoms with Crippen molar-refractivity contribution in [3.05, 3.63) is 70.8 Å². The van der Waals surface area contributed by atoms with Gasteiger partial charge in [0, 0.05) is 5.92 Å². The van der Waals surface area contributed by atoms with Crippen LogP contribution in [0.25, 0.3) is 0 Å². The Morgan fingerprint density at radius 3 is 1.91 bits per heavy atom. The third kappa shape index (κ3) is 2.35. The van der Waals surface area contributed by atoms with E-state index in [2.05, 4.69) is 48.5 Å². The molecule has 2 bridgehead atoms. The minimum atomic E-state index is 0.639. The van der Waals surface area contributed by atoms with Gasteiger partial charge in [-0.1, -0.05) is 61.4 Å². The molecule has 0 heteroatoms. The highest BCUT2D eigenvalue weighted by molar-refractivity contribution is 5.49. The number of hydrogen-bond acceptors (Lipinski definition) is 0. The Hall–Kier alpha value is -1.56. The molecule has 0 saturated heterocycles. The van der Waals surface area contributed by atoms with Crippen LogP contribution in [-0.2, 0) is 6.42 Å². The zero-order chi connectivity index (χ0) is 15.2. The summed E-state index contributed by atoms with van der Waals surface area (Å²) in [6, 6.07) is 18.4. The Labute approximate surface area is 139 Å². The van der Waals surface area contributed by atoms with E-state index in [1.807, 2.05) is 0 Å². The maximum absolute atomic E-state index is 2.40. The summed E-state index contributed by atoms with van der Waals surface area (Å²) in [6.45, 7) is 0. The van der Waals surface area contributed by atoms with Gasteiger partial charge in [-0.3, -0.25) is 0 Å². The number of fused-ring (bicyclic) bond motifs is 5. The summed E-state index contributed by atoms with van der Waals surface area (Å²) in [5, 5.41) is 0. The van der Waals surface area contributed by atoms with E-state index in [1.165, 1.54) is 38.5 Å². The van der Waals surface area contributed by atoms with Crippen LogP contribution in [0.3, 0.4) is 0 Å². The van der Waals surface area contributed by atoms with E-state index in [-0.39, 0.29) is 0 Å². The van der Waals surface area contributed by atoms with Crippen LogP contribution < -0.4 is 0 Å². The molecular formula is C23H26. The molecule has 0 aromatic heterocycles. The molecule has 2 aromatic carbocycles. The summed E-state index contributed by atoms with van der Waals surface area (Å²) in [4.78, 5) is 0. The van der Waals surface area contributed by atoms with Crippen LogP contribution in [0.1, 0.15) is 66.7 Å². The molecule has 4 aliphatic carbocycles. The Morgan fingerprint density at radius 2 is 1.35 bits per heavy atom. The summed E-state index contributed by atoms with van der Waals surface area (Å²) in [5.74, 6) is 3.66. The van der Waals surface area contributed by atoms with E-state index < -0.39 is 0 Å². The van der Waals surface area contributed by atoms with Gasteiger partial charge >= 0.3 is 0 Å². The third-order valence-corrected chi connectivity index (χ3v) is 6.97. The molecule has 3 fully saturated rings. The average Bonchev–Trinajstić information content (AvgIpc) is 2.62. The van der Waals surface area contributed by atoms with E-state index >= 15 is 0 Å². The van der Waals surface area contributed by atoms with Gasteiger partial charge in [0.1, 0.15) is 0 Å². The summed E-state index contributed by atoms with van der Waals surface area (Å²) in [6.07, 6.45) is 10.1. The molecule has 1 unspecified atom stereocenters. The second-order valence-electron chi connectivity index (χ2n) is 8.14. The van der Waals surface area contributed by atoms with Gasteiger partial charge in [0.05, 0.1) is 0 Å². The molecule has 2 aromatic rings. The number of benzene rings is 2. The SMILES string of the molecule is c1ccc2c(c1)Cc1ccccc1C2CC1CC2CCC1CC2. The van der Waals surface area contributed by atoms with Gasteiger partial charge in [-0.05, 0) is 72.1 Å². The lowest BCUT2D eigenvalue weighted by Crippen LogP contribution is -2.32. The predicted octanol–water partition coefficient (Wildman–Crippen LogP) is 5.94. The van der Waals surface area contributed by atoms with E-state index in [1.54, 1.807) is 22.3 Å². The van der Waals surface area contributed by atoms with Gasteiger partial charge in [0.2, 0.25) is 0 Å². The molecule has 0 aliphatic heterocycles. The Morgan fingerprint density at radius 1 is 0.739 bits per heavy atom. The molecule has 118 valence electrons. The molecule has 23 heavy (non-hydrogen) atoms. The molecule has 0 heterocycles. The highest BCUT2D eigenvalue weighted by Gasteiger charge is 2.38. The molecule has 4 aliphatic rings. The zero-order valence-electron chi connectivity index (χ0n) is 13.9. The topological polar surface area (TPSA) is 0 Å². The van der Waals surface area contributed by atoms with Crippen LogP contribution in [0.15, 0.2) is 48.5 Å². The average molecular weight is 302 g/mol. The molecule has 6 rings (SSSR count). The van der Waals surface area contributed by atoms with Crippen molar-refractivity contribution in [2.45, 2.75) is 50.9 Å². The van der Waals surface area contributed by atoms with Gasteiger partial charge in [-0.2, -0.15) is 0 Å². The van der Waals surface area contributed by atoms with Crippen molar-refractivity contribution in [2.24, 2.45) is 17.8 Å². The van der Waals surface area contributed by atoms with Crippen LogP contribution in [0.4, 0.5) is 0 Å². The highest BCUT2D eigenvalue weighted by Crippen LogP contribution is 2.50. The van der Waals surface area contributed by atoms with Gasteiger partial charge in [0.25, 0.3) is 0 Å². The van der Waals surface area contributed by atoms with Crippen molar-refractivity contribution in [1.82, 2.24) is 0 Å². The van der Waals surface area contributed by atoms with E-state index in [0.717, 1.165) is 24.2 Å². The molecule has 1 atom stereocenters. The molecule has 0 radical (unpaired) electrons. The second kappa shape index (κ2) is 5.51. The molecular weight excluding hydrogens is 276 g/mol.